The van der Waals surface area contributed by atoms with Gasteiger partial charge in [-0.15, -0.1) is 0 Å². The second-order valence-corrected chi connectivity index (χ2v) is 1.95. The third-order valence-electron chi connectivity index (χ3n) is 0.843. The molecular weight excluding hydrogens is 128 g/mol. The molecule has 0 heterocycles. The standard InChI is InChI=1S/C4H10O5/c1-4(8,9)2(5)3(6)7/h2-3,5-9H,1H3. The van der Waals surface area contributed by atoms with Gasteiger partial charge in [-0.05, 0) is 6.92 Å². The molecule has 0 aromatic rings. The minimum Gasteiger partial charge on any atom is -0.382 e. The monoisotopic (exact) mass is 138 g/mol. The summed E-state index contributed by atoms with van der Waals surface area (Å²) in [5.74, 6) is -2.46. The number of hydrogen-bond donors (Lipinski definition) is 5. The Morgan fingerprint density at radius 3 is 1.44 bits per heavy atom. The fourth-order valence-corrected chi connectivity index (χ4v) is 0.282. The van der Waals surface area contributed by atoms with Gasteiger partial charge in [-0.25, -0.2) is 0 Å². The van der Waals surface area contributed by atoms with Crippen molar-refractivity contribution in [2.45, 2.75) is 25.1 Å². The maximum atomic E-state index is 8.46. The SMILES string of the molecule is CC(O)(O)C(O)C(O)O. The van der Waals surface area contributed by atoms with E-state index in [9.17, 15) is 0 Å². The number of aliphatic hydroxyl groups excluding tert-OH is 2. The fraction of sp³-hybridized carbons (Fsp3) is 1.00. The summed E-state index contributed by atoms with van der Waals surface area (Å²) < 4.78 is 0. The van der Waals surface area contributed by atoms with E-state index in [0.717, 1.165) is 6.92 Å². The molecule has 5 nitrogen and oxygen atoms in total. The molecule has 56 valence electrons. The predicted octanol–water partition coefficient (Wildman–Crippen LogP) is -2.64. The Morgan fingerprint density at radius 2 is 1.44 bits per heavy atom. The number of hydrogen-bond acceptors (Lipinski definition) is 5. The second kappa shape index (κ2) is 2.59. The van der Waals surface area contributed by atoms with Crippen LogP contribution in [0.3, 0.4) is 0 Å². The maximum absolute atomic E-state index is 8.46. The minimum atomic E-state index is -2.46. The molecule has 0 saturated heterocycles. The van der Waals surface area contributed by atoms with Gasteiger partial charge in [0.25, 0.3) is 0 Å². The predicted molar refractivity (Wildman–Crippen MR) is 27.1 cm³/mol. The van der Waals surface area contributed by atoms with Crippen LogP contribution in [0.2, 0.25) is 0 Å². The second-order valence-electron chi connectivity index (χ2n) is 1.95. The summed E-state index contributed by atoms with van der Waals surface area (Å²) in [6.07, 6.45) is -4.09. The zero-order valence-corrected chi connectivity index (χ0v) is 4.89. The highest BCUT2D eigenvalue weighted by molar-refractivity contribution is 4.70. The molecule has 0 bridgehead atoms. The molecule has 9 heavy (non-hydrogen) atoms. The van der Waals surface area contributed by atoms with Gasteiger partial charge in [-0.3, -0.25) is 0 Å². The summed E-state index contributed by atoms with van der Waals surface area (Å²) in [5.41, 5.74) is 0. The van der Waals surface area contributed by atoms with Gasteiger partial charge in [0.2, 0.25) is 0 Å². The molecule has 5 N–H and O–H groups in total. The maximum Gasteiger partial charge on any atom is 0.191 e. The van der Waals surface area contributed by atoms with Crippen LogP contribution in [0, 0.1) is 0 Å². The van der Waals surface area contributed by atoms with Crippen LogP contribution in [0.4, 0.5) is 0 Å². The summed E-state index contributed by atoms with van der Waals surface area (Å²) in [6, 6.07) is 0. The Labute approximate surface area is 51.8 Å². The molecule has 0 aliphatic heterocycles. The van der Waals surface area contributed by atoms with E-state index in [1.54, 1.807) is 0 Å². The van der Waals surface area contributed by atoms with Crippen LogP contribution < -0.4 is 0 Å². The summed E-state index contributed by atoms with van der Waals surface area (Å²) >= 11 is 0. The Bertz CT molecular complexity index is 83.4. The molecule has 0 aromatic heterocycles. The van der Waals surface area contributed by atoms with E-state index in [4.69, 9.17) is 25.5 Å². The summed E-state index contributed by atoms with van der Waals surface area (Å²) in [4.78, 5) is 0. The molecule has 1 atom stereocenters. The average Bonchev–Trinajstić information content (AvgIpc) is 1.62. The Morgan fingerprint density at radius 1 is 1.11 bits per heavy atom. The molecule has 0 radical (unpaired) electrons. The van der Waals surface area contributed by atoms with Crippen molar-refractivity contribution in [1.82, 2.24) is 0 Å². The van der Waals surface area contributed by atoms with Gasteiger partial charge in [0, 0.05) is 0 Å². The van der Waals surface area contributed by atoms with E-state index in [1.807, 2.05) is 0 Å². The Hall–Kier alpha value is -0.200. The van der Waals surface area contributed by atoms with Crippen LogP contribution in [-0.4, -0.2) is 43.7 Å². The lowest BCUT2D eigenvalue weighted by atomic mass is 10.2. The quantitative estimate of drug-likeness (QED) is 0.268. The van der Waals surface area contributed by atoms with Crippen molar-refractivity contribution in [3.8, 4) is 0 Å². The molecule has 0 saturated carbocycles. The van der Waals surface area contributed by atoms with Gasteiger partial charge in [-0.1, -0.05) is 0 Å². The van der Waals surface area contributed by atoms with Crippen LogP contribution >= 0.6 is 0 Å². The van der Waals surface area contributed by atoms with Gasteiger partial charge >= 0.3 is 0 Å². The lowest BCUT2D eigenvalue weighted by molar-refractivity contribution is -0.268. The highest BCUT2D eigenvalue weighted by Gasteiger charge is 2.32. The summed E-state index contributed by atoms with van der Waals surface area (Å²) in [5, 5.41) is 41.6. The number of rotatable bonds is 2. The molecule has 0 aromatic carbocycles. The molecule has 0 fully saturated rings. The van der Waals surface area contributed by atoms with Gasteiger partial charge in [-0.2, -0.15) is 0 Å². The molecule has 5 heteroatoms. The van der Waals surface area contributed by atoms with Gasteiger partial charge in [0.05, 0.1) is 0 Å². The van der Waals surface area contributed by atoms with Crippen molar-refractivity contribution in [1.29, 1.82) is 0 Å². The summed E-state index contributed by atoms with van der Waals surface area (Å²) in [6.45, 7) is 0.844. The van der Waals surface area contributed by atoms with Crippen LogP contribution in [0.25, 0.3) is 0 Å². The van der Waals surface area contributed by atoms with Gasteiger partial charge in [0.1, 0.15) is 0 Å². The van der Waals surface area contributed by atoms with Crippen LogP contribution in [0.5, 0.6) is 0 Å². The lowest BCUT2D eigenvalue weighted by Crippen LogP contribution is -2.46. The van der Waals surface area contributed by atoms with Crippen molar-refractivity contribution in [3.63, 3.8) is 0 Å². The normalized spacial score (nSPS) is 16.3. The zero-order chi connectivity index (χ0) is 7.65. The Kier molecular flexibility index (Phi) is 2.53. The van der Waals surface area contributed by atoms with E-state index >= 15 is 0 Å². The van der Waals surface area contributed by atoms with E-state index in [0.29, 0.717) is 0 Å². The molecular formula is C4H10O5. The largest absolute Gasteiger partial charge is 0.382 e. The van der Waals surface area contributed by atoms with Crippen molar-refractivity contribution >= 4 is 0 Å². The first kappa shape index (κ1) is 8.80. The van der Waals surface area contributed by atoms with E-state index in [-0.39, 0.29) is 0 Å². The highest BCUT2D eigenvalue weighted by Crippen LogP contribution is 2.06. The van der Waals surface area contributed by atoms with E-state index in [2.05, 4.69) is 0 Å². The fourth-order valence-electron chi connectivity index (χ4n) is 0.282. The van der Waals surface area contributed by atoms with Crippen LogP contribution in [0.1, 0.15) is 6.92 Å². The van der Waals surface area contributed by atoms with Crippen molar-refractivity contribution in [3.05, 3.63) is 0 Å². The van der Waals surface area contributed by atoms with Crippen LogP contribution in [-0.2, 0) is 0 Å². The van der Waals surface area contributed by atoms with Gasteiger partial charge in [0.15, 0.2) is 18.2 Å². The zero-order valence-electron chi connectivity index (χ0n) is 4.89. The average molecular weight is 138 g/mol. The van der Waals surface area contributed by atoms with Crippen molar-refractivity contribution in [2.24, 2.45) is 0 Å². The first-order valence-electron chi connectivity index (χ1n) is 2.34. The third kappa shape index (κ3) is 2.73. The van der Waals surface area contributed by atoms with E-state index < -0.39 is 18.2 Å². The topological polar surface area (TPSA) is 101 Å². The first-order valence-corrected chi connectivity index (χ1v) is 2.34. The molecule has 0 aliphatic rings. The molecule has 1 unspecified atom stereocenters. The molecule has 0 aliphatic carbocycles. The lowest BCUT2D eigenvalue weighted by Gasteiger charge is -2.23. The van der Waals surface area contributed by atoms with Crippen LogP contribution in [0.15, 0.2) is 0 Å². The third-order valence-corrected chi connectivity index (χ3v) is 0.843. The first-order chi connectivity index (χ1) is 3.85. The minimum absolute atomic E-state index is 0.844. The van der Waals surface area contributed by atoms with Crippen molar-refractivity contribution < 1.29 is 25.5 Å². The number of aliphatic hydroxyl groups is 5. The summed E-state index contributed by atoms with van der Waals surface area (Å²) in [7, 11) is 0. The highest BCUT2D eigenvalue weighted by atomic mass is 16.5. The van der Waals surface area contributed by atoms with Crippen molar-refractivity contribution in [2.75, 3.05) is 0 Å². The smallest absolute Gasteiger partial charge is 0.191 e. The molecule has 0 spiro atoms. The molecule has 0 amide bonds. The van der Waals surface area contributed by atoms with Gasteiger partial charge < -0.3 is 25.5 Å². The van der Waals surface area contributed by atoms with E-state index in [1.165, 1.54) is 0 Å². The molecule has 0 rings (SSSR count). The Balaban J connectivity index is 3.88.